The van der Waals surface area contributed by atoms with E-state index in [1.54, 1.807) is 0 Å². The van der Waals surface area contributed by atoms with Crippen molar-refractivity contribution in [1.82, 2.24) is 9.78 Å². The molecule has 0 aliphatic heterocycles. The Morgan fingerprint density at radius 3 is 2.67 bits per heavy atom. The molecule has 0 fully saturated rings. The zero-order valence-electron chi connectivity index (χ0n) is 10.9. The maximum Gasteiger partial charge on any atom is 0.416 e. The van der Waals surface area contributed by atoms with E-state index in [4.69, 9.17) is 0 Å². The van der Waals surface area contributed by atoms with Gasteiger partial charge in [-0.2, -0.15) is 18.3 Å². The molecule has 1 N–H and O–H groups in total. The summed E-state index contributed by atoms with van der Waals surface area (Å²) in [6.45, 7) is 1.13. The molecule has 0 aliphatic rings. The predicted molar refractivity (Wildman–Crippen MR) is 67.0 cm³/mol. The van der Waals surface area contributed by atoms with Gasteiger partial charge in [0, 0.05) is 24.8 Å². The average Bonchev–Trinajstić information content (AvgIpc) is 2.77. The maximum absolute atomic E-state index is 13.6. The fourth-order valence-corrected chi connectivity index (χ4v) is 1.74. The lowest BCUT2D eigenvalue weighted by atomic mass is 10.1. The highest BCUT2D eigenvalue weighted by Gasteiger charge is 2.31. The second kappa shape index (κ2) is 5.55. The van der Waals surface area contributed by atoms with E-state index in [-0.39, 0.29) is 23.8 Å². The highest BCUT2D eigenvalue weighted by Crippen LogP contribution is 2.30. The molecule has 0 aliphatic carbocycles. The van der Waals surface area contributed by atoms with Crippen LogP contribution in [0, 0.1) is 5.82 Å². The molecule has 1 aromatic carbocycles. The molecule has 8 heteroatoms. The number of alkyl halides is 3. The number of rotatable bonds is 3. The lowest BCUT2D eigenvalue weighted by molar-refractivity contribution is -0.137. The first-order valence-electron chi connectivity index (χ1n) is 5.92. The smallest absolute Gasteiger partial charge is 0.309 e. The van der Waals surface area contributed by atoms with E-state index in [1.807, 2.05) is 0 Å². The number of anilines is 1. The Bertz CT molecular complexity index is 664. The number of carbonyl (C=O) groups is 1. The monoisotopic (exact) mass is 301 g/mol. The first-order valence-corrected chi connectivity index (χ1v) is 5.92. The number of aromatic nitrogens is 2. The SMILES string of the molecule is CC(=O)Nc1ccn(Cc2cc(C(F)(F)F)ccc2F)n1. The third-order valence-corrected chi connectivity index (χ3v) is 2.65. The van der Waals surface area contributed by atoms with Crippen molar-refractivity contribution >= 4 is 11.7 Å². The Morgan fingerprint density at radius 1 is 1.33 bits per heavy atom. The van der Waals surface area contributed by atoms with Crippen LogP contribution in [0.4, 0.5) is 23.4 Å². The topological polar surface area (TPSA) is 46.9 Å². The van der Waals surface area contributed by atoms with Crippen molar-refractivity contribution < 1.29 is 22.4 Å². The van der Waals surface area contributed by atoms with E-state index in [0.29, 0.717) is 6.07 Å². The van der Waals surface area contributed by atoms with Gasteiger partial charge in [-0.1, -0.05) is 0 Å². The van der Waals surface area contributed by atoms with Crippen molar-refractivity contribution in [1.29, 1.82) is 0 Å². The van der Waals surface area contributed by atoms with Crippen LogP contribution in [0.25, 0.3) is 0 Å². The fraction of sp³-hybridized carbons (Fsp3) is 0.231. The number of halogens is 4. The van der Waals surface area contributed by atoms with Gasteiger partial charge in [0.05, 0.1) is 12.1 Å². The lowest BCUT2D eigenvalue weighted by Crippen LogP contribution is -2.10. The number of nitrogens with one attached hydrogen (secondary N) is 1. The van der Waals surface area contributed by atoms with Crippen LogP contribution in [-0.4, -0.2) is 15.7 Å². The average molecular weight is 301 g/mol. The Labute approximate surface area is 117 Å². The van der Waals surface area contributed by atoms with Crippen LogP contribution < -0.4 is 5.32 Å². The summed E-state index contributed by atoms with van der Waals surface area (Å²) in [5.74, 6) is -0.833. The summed E-state index contributed by atoms with van der Waals surface area (Å²) in [7, 11) is 0. The summed E-state index contributed by atoms with van der Waals surface area (Å²) in [5, 5.41) is 6.33. The molecule has 2 aromatic rings. The van der Waals surface area contributed by atoms with E-state index >= 15 is 0 Å². The minimum absolute atomic E-state index is 0.137. The Kier molecular flexibility index (Phi) is 3.97. The standard InChI is InChI=1S/C13H11F4N3O/c1-8(21)18-12-4-5-20(19-12)7-9-6-10(13(15,16)17)2-3-11(9)14/h2-6H,7H2,1H3,(H,18,19,21). The normalized spacial score (nSPS) is 11.5. The second-order valence-corrected chi connectivity index (χ2v) is 4.38. The lowest BCUT2D eigenvalue weighted by Gasteiger charge is -2.10. The molecule has 21 heavy (non-hydrogen) atoms. The molecule has 112 valence electrons. The molecule has 0 radical (unpaired) electrons. The van der Waals surface area contributed by atoms with Gasteiger partial charge in [-0.3, -0.25) is 9.48 Å². The van der Waals surface area contributed by atoms with E-state index in [0.717, 1.165) is 12.1 Å². The predicted octanol–water partition coefficient (Wildman–Crippen LogP) is 3.05. The van der Waals surface area contributed by atoms with Crippen LogP contribution in [0.15, 0.2) is 30.5 Å². The van der Waals surface area contributed by atoms with Crippen LogP contribution >= 0.6 is 0 Å². The Hall–Kier alpha value is -2.38. The molecule has 0 atom stereocenters. The first-order chi connectivity index (χ1) is 9.75. The molecule has 0 unspecified atom stereocenters. The van der Waals surface area contributed by atoms with Crippen LogP contribution in [-0.2, 0) is 17.5 Å². The minimum atomic E-state index is -4.53. The third kappa shape index (κ3) is 3.80. The van der Waals surface area contributed by atoms with Crippen molar-refractivity contribution in [3.8, 4) is 0 Å². The van der Waals surface area contributed by atoms with Gasteiger partial charge < -0.3 is 5.32 Å². The first kappa shape index (κ1) is 15.0. The summed E-state index contributed by atoms with van der Waals surface area (Å²) < 4.78 is 52.6. The molecular weight excluding hydrogens is 290 g/mol. The minimum Gasteiger partial charge on any atom is -0.309 e. The van der Waals surface area contributed by atoms with Gasteiger partial charge in [0.25, 0.3) is 0 Å². The molecule has 1 amide bonds. The molecule has 4 nitrogen and oxygen atoms in total. The van der Waals surface area contributed by atoms with Gasteiger partial charge in [0.15, 0.2) is 5.82 Å². The van der Waals surface area contributed by atoms with E-state index in [1.165, 1.54) is 23.9 Å². The van der Waals surface area contributed by atoms with Crippen LogP contribution in [0.2, 0.25) is 0 Å². The summed E-state index contributed by atoms with van der Waals surface area (Å²) in [4.78, 5) is 10.8. The zero-order valence-corrected chi connectivity index (χ0v) is 10.9. The third-order valence-electron chi connectivity index (χ3n) is 2.65. The zero-order chi connectivity index (χ0) is 15.6. The van der Waals surface area contributed by atoms with Crippen molar-refractivity contribution in [2.75, 3.05) is 5.32 Å². The van der Waals surface area contributed by atoms with Gasteiger partial charge in [0.2, 0.25) is 5.91 Å². The molecule has 1 heterocycles. The highest BCUT2D eigenvalue weighted by atomic mass is 19.4. The van der Waals surface area contributed by atoms with Gasteiger partial charge in [-0.05, 0) is 18.2 Å². The number of benzene rings is 1. The number of amides is 1. The molecule has 0 spiro atoms. The Balaban J connectivity index is 2.22. The van der Waals surface area contributed by atoms with E-state index in [2.05, 4.69) is 10.4 Å². The molecular formula is C13H11F4N3O. The van der Waals surface area contributed by atoms with Gasteiger partial charge >= 0.3 is 6.18 Å². The Morgan fingerprint density at radius 2 is 2.05 bits per heavy atom. The van der Waals surface area contributed by atoms with Crippen molar-refractivity contribution in [2.24, 2.45) is 0 Å². The summed E-state index contributed by atoms with van der Waals surface area (Å²) in [6.07, 6.45) is -3.10. The van der Waals surface area contributed by atoms with Crippen molar-refractivity contribution in [2.45, 2.75) is 19.6 Å². The molecule has 0 saturated carbocycles. The number of carbonyl (C=O) groups excluding carboxylic acids is 1. The molecule has 0 bridgehead atoms. The van der Waals surface area contributed by atoms with Gasteiger partial charge in [-0.15, -0.1) is 0 Å². The second-order valence-electron chi connectivity index (χ2n) is 4.38. The quantitative estimate of drug-likeness (QED) is 0.886. The maximum atomic E-state index is 13.6. The summed E-state index contributed by atoms with van der Waals surface area (Å²) in [5.41, 5.74) is -1.06. The summed E-state index contributed by atoms with van der Waals surface area (Å²) >= 11 is 0. The van der Waals surface area contributed by atoms with Gasteiger partial charge in [-0.25, -0.2) is 4.39 Å². The largest absolute Gasteiger partial charge is 0.416 e. The van der Waals surface area contributed by atoms with Crippen LogP contribution in [0.3, 0.4) is 0 Å². The van der Waals surface area contributed by atoms with Crippen molar-refractivity contribution in [3.63, 3.8) is 0 Å². The highest BCUT2D eigenvalue weighted by molar-refractivity contribution is 5.87. The van der Waals surface area contributed by atoms with E-state index < -0.39 is 17.6 Å². The van der Waals surface area contributed by atoms with E-state index in [9.17, 15) is 22.4 Å². The number of nitrogens with zero attached hydrogens (tertiary/aromatic N) is 2. The van der Waals surface area contributed by atoms with Crippen molar-refractivity contribution in [3.05, 3.63) is 47.4 Å². The molecule has 0 saturated heterocycles. The van der Waals surface area contributed by atoms with Crippen LogP contribution in [0.5, 0.6) is 0 Å². The molecule has 1 aromatic heterocycles. The fourth-order valence-electron chi connectivity index (χ4n) is 1.74. The van der Waals surface area contributed by atoms with Crippen LogP contribution in [0.1, 0.15) is 18.1 Å². The van der Waals surface area contributed by atoms with Gasteiger partial charge in [0.1, 0.15) is 5.82 Å². The number of hydrogen-bond acceptors (Lipinski definition) is 2. The number of hydrogen-bond donors (Lipinski definition) is 1. The summed E-state index contributed by atoms with van der Waals surface area (Å²) in [6, 6.07) is 3.67. The molecule has 2 rings (SSSR count).